The van der Waals surface area contributed by atoms with Crippen molar-refractivity contribution in [3.8, 4) is 0 Å². The average Bonchev–Trinajstić information content (AvgIpc) is 1.98. The van der Waals surface area contributed by atoms with E-state index in [4.69, 9.17) is 0 Å². The Kier molecular flexibility index (Phi) is 3.58. The topological polar surface area (TPSA) is 14.1 Å². The molecule has 0 aromatic heterocycles. The molecule has 1 nitrogen and oxygen atoms in total. The molecule has 0 atom stereocenters. The van der Waals surface area contributed by atoms with Gasteiger partial charge >= 0.3 is 0 Å². The summed E-state index contributed by atoms with van der Waals surface area (Å²) in [6.07, 6.45) is 0. The van der Waals surface area contributed by atoms with Crippen molar-refractivity contribution in [1.82, 2.24) is 5.32 Å². The molecule has 1 radical (unpaired) electrons. The maximum atomic E-state index is 4.31. The van der Waals surface area contributed by atoms with Crippen LogP contribution in [-0.4, -0.2) is 0 Å². The van der Waals surface area contributed by atoms with Crippen molar-refractivity contribution in [3.05, 3.63) is 22.5 Å². The van der Waals surface area contributed by atoms with E-state index in [-0.39, 0.29) is 26.2 Å². The van der Waals surface area contributed by atoms with Gasteiger partial charge in [-0.25, -0.2) is 0 Å². The predicted molar refractivity (Wildman–Crippen MR) is 38.9 cm³/mol. The third-order valence-electron chi connectivity index (χ3n) is 1.98. The summed E-state index contributed by atoms with van der Waals surface area (Å²) in [5, 5.41) is 4.31. The van der Waals surface area contributed by atoms with E-state index < -0.39 is 0 Å². The Hall–Kier alpha value is 0.163. The van der Waals surface area contributed by atoms with E-state index in [9.17, 15) is 0 Å². The summed E-state index contributed by atoms with van der Waals surface area (Å²) in [5.74, 6) is 0. The molecule has 0 N–H and O–H groups in total. The SMILES string of the molecule is CC1=C(C)C(C)=C(C)[N]1.[Zr]. The molecule has 0 saturated heterocycles. The summed E-state index contributed by atoms with van der Waals surface area (Å²) in [6.45, 7) is 8.33. The van der Waals surface area contributed by atoms with Crippen molar-refractivity contribution < 1.29 is 26.2 Å². The number of nitrogens with zero attached hydrogens (tertiary/aromatic N) is 1. The summed E-state index contributed by atoms with van der Waals surface area (Å²) in [6, 6.07) is 0. The predicted octanol–water partition coefficient (Wildman–Crippen LogP) is 2.19. The monoisotopic (exact) mass is 212 g/mol. The van der Waals surface area contributed by atoms with Gasteiger partial charge in [-0.1, -0.05) is 0 Å². The van der Waals surface area contributed by atoms with Crippen LogP contribution in [0.2, 0.25) is 0 Å². The van der Waals surface area contributed by atoms with Crippen LogP contribution in [0.5, 0.6) is 0 Å². The van der Waals surface area contributed by atoms with E-state index in [1.807, 2.05) is 0 Å². The van der Waals surface area contributed by atoms with Crippen molar-refractivity contribution >= 4 is 0 Å². The average molecular weight is 213 g/mol. The van der Waals surface area contributed by atoms with Crippen LogP contribution in [0.15, 0.2) is 22.5 Å². The molecule has 0 bridgehead atoms. The first kappa shape index (κ1) is 10.2. The first-order valence-corrected chi connectivity index (χ1v) is 3.20. The van der Waals surface area contributed by atoms with Gasteiger partial charge in [0, 0.05) is 37.6 Å². The molecule has 1 heterocycles. The minimum atomic E-state index is 0. The van der Waals surface area contributed by atoms with Gasteiger partial charge in [0.2, 0.25) is 0 Å². The van der Waals surface area contributed by atoms with Gasteiger partial charge in [0.15, 0.2) is 0 Å². The molecule has 1 aliphatic rings. The van der Waals surface area contributed by atoms with Crippen molar-refractivity contribution in [1.29, 1.82) is 0 Å². The fourth-order valence-electron chi connectivity index (χ4n) is 0.962. The van der Waals surface area contributed by atoms with Crippen LogP contribution in [0.4, 0.5) is 0 Å². The van der Waals surface area contributed by atoms with Crippen LogP contribution >= 0.6 is 0 Å². The summed E-state index contributed by atoms with van der Waals surface area (Å²) < 4.78 is 0. The molecule has 0 aliphatic carbocycles. The first-order chi connectivity index (χ1) is 4.13. The number of hydrogen-bond donors (Lipinski definition) is 0. The van der Waals surface area contributed by atoms with E-state index in [0.717, 1.165) is 0 Å². The second-order valence-corrected chi connectivity index (χ2v) is 2.53. The molecule has 2 heteroatoms. The summed E-state index contributed by atoms with van der Waals surface area (Å²) in [4.78, 5) is 0. The summed E-state index contributed by atoms with van der Waals surface area (Å²) >= 11 is 0. The van der Waals surface area contributed by atoms with E-state index in [1.54, 1.807) is 0 Å². The Morgan fingerprint density at radius 3 is 1.20 bits per heavy atom. The van der Waals surface area contributed by atoms with Crippen molar-refractivity contribution in [2.45, 2.75) is 27.7 Å². The van der Waals surface area contributed by atoms with Crippen molar-refractivity contribution in [2.75, 3.05) is 0 Å². The third kappa shape index (κ3) is 1.60. The molecule has 53 valence electrons. The van der Waals surface area contributed by atoms with E-state index >= 15 is 0 Å². The molecule has 0 amide bonds. The van der Waals surface area contributed by atoms with Crippen LogP contribution in [0.3, 0.4) is 0 Å². The van der Waals surface area contributed by atoms with Crippen LogP contribution in [0, 0.1) is 0 Å². The quantitative estimate of drug-likeness (QED) is 0.586. The van der Waals surface area contributed by atoms with Crippen molar-refractivity contribution in [3.63, 3.8) is 0 Å². The first-order valence-electron chi connectivity index (χ1n) is 3.20. The largest absolute Gasteiger partial charge is 0.258 e. The van der Waals surface area contributed by atoms with Crippen molar-refractivity contribution in [2.24, 2.45) is 0 Å². The second-order valence-electron chi connectivity index (χ2n) is 2.53. The molecule has 0 unspecified atom stereocenters. The van der Waals surface area contributed by atoms with E-state index in [1.165, 1.54) is 22.5 Å². The van der Waals surface area contributed by atoms with Gasteiger partial charge in [0.1, 0.15) is 0 Å². The Balaban J connectivity index is 0.000000810. The van der Waals surface area contributed by atoms with Gasteiger partial charge in [0.25, 0.3) is 0 Å². The van der Waals surface area contributed by atoms with Crippen LogP contribution in [0.25, 0.3) is 0 Å². The number of rotatable bonds is 0. The second kappa shape index (κ2) is 3.52. The Labute approximate surface area is 81.7 Å². The maximum absolute atomic E-state index is 4.31. The Morgan fingerprint density at radius 1 is 0.800 bits per heavy atom. The smallest absolute Gasteiger partial charge is 0.0408 e. The maximum Gasteiger partial charge on any atom is 0.0408 e. The Bertz CT molecular complexity index is 179. The van der Waals surface area contributed by atoms with Crippen LogP contribution in [-0.2, 0) is 26.2 Å². The number of allylic oxidation sites excluding steroid dienone is 4. The van der Waals surface area contributed by atoms with E-state index in [0.29, 0.717) is 0 Å². The van der Waals surface area contributed by atoms with Crippen LogP contribution < -0.4 is 5.32 Å². The van der Waals surface area contributed by atoms with Gasteiger partial charge in [-0.3, -0.25) is 5.32 Å². The van der Waals surface area contributed by atoms with Gasteiger partial charge in [-0.2, -0.15) is 0 Å². The normalized spacial score (nSPS) is 17.2. The van der Waals surface area contributed by atoms with Crippen LogP contribution in [0.1, 0.15) is 27.7 Å². The molecule has 1 rings (SSSR count). The standard InChI is InChI=1S/C8H12N.Zr/c1-5-6(2)8(4)9-7(5)3;/h1-4H3;. The molecule has 0 spiro atoms. The van der Waals surface area contributed by atoms with Gasteiger partial charge in [-0.05, 0) is 38.8 Å². The third-order valence-corrected chi connectivity index (χ3v) is 1.98. The molecule has 0 fully saturated rings. The Morgan fingerprint density at radius 2 is 1.10 bits per heavy atom. The fourth-order valence-corrected chi connectivity index (χ4v) is 0.962. The fraction of sp³-hybridized carbons (Fsp3) is 0.500. The molecular weight excluding hydrogens is 201 g/mol. The molecular formula is C8H12NZr. The number of hydrogen-bond acceptors (Lipinski definition) is 0. The molecule has 1 aliphatic heterocycles. The van der Waals surface area contributed by atoms with Gasteiger partial charge in [0.05, 0.1) is 0 Å². The summed E-state index contributed by atoms with van der Waals surface area (Å²) in [7, 11) is 0. The minimum absolute atomic E-state index is 0. The zero-order valence-electron chi connectivity index (χ0n) is 6.95. The van der Waals surface area contributed by atoms with Gasteiger partial charge < -0.3 is 0 Å². The summed E-state index contributed by atoms with van der Waals surface area (Å²) in [5.41, 5.74) is 5.02. The van der Waals surface area contributed by atoms with Gasteiger partial charge in [-0.15, -0.1) is 0 Å². The molecule has 10 heavy (non-hydrogen) atoms. The minimum Gasteiger partial charge on any atom is -0.258 e. The zero-order chi connectivity index (χ0) is 7.02. The van der Waals surface area contributed by atoms with E-state index in [2.05, 4.69) is 33.0 Å². The zero-order valence-corrected chi connectivity index (χ0v) is 9.41. The molecule has 0 saturated carbocycles. The molecule has 0 aromatic rings. The molecule has 0 aromatic carbocycles.